The molecule has 6 nitrogen and oxygen atoms in total. The van der Waals surface area contributed by atoms with E-state index in [1.807, 2.05) is 0 Å². The lowest BCUT2D eigenvalue weighted by molar-refractivity contribution is 0.0611. The monoisotopic (exact) mass is 347 g/mol. The van der Waals surface area contributed by atoms with Crippen molar-refractivity contribution in [3.63, 3.8) is 0 Å². The summed E-state index contributed by atoms with van der Waals surface area (Å²) in [5, 5.41) is 14.4. The summed E-state index contributed by atoms with van der Waals surface area (Å²) in [5.41, 5.74) is 0. The summed E-state index contributed by atoms with van der Waals surface area (Å²) in [6.45, 7) is 1.35. The highest BCUT2D eigenvalue weighted by Crippen LogP contribution is 2.40. The van der Waals surface area contributed by atoms with Gasteiger partial charge in [-0.2, -0.15) is 4.98 Å². The number of aliphatic hydroxyl groups is 1. The van der Waals surface area contributed by atoms with Crippen LogP contribution in [0.3, 0.4) is 0 Å². The zero-order valence-electron chi connectivity index (χ0n) is 14.0. The second kappa shape index (κ2) is 7.09. The van der Waals surface area contributed by atoms with Crippen LogP contribution in [0.1, 0.15) is 49.4 Å². The number of para-hydroxylation sites is 1. The minimum Gasteiger partial charge on any atom is -0.488 e. The smallest absolute Gasteiger partial charge is 0.229 e. The van der Waals surface area contributed by atoms with E-state index in [9.17, 15) is 9.50 Å². The predicted molar refractivity (Wildman–Crippen MR) is 87.7 cm³/mol. The van der Waals surface area contributed by atoms with Crippen molar-refractivity contribution in [1.29, 1.82) is 0 Å². The quantitative estimate of drug-likeness (QED) is 0.830. The van der Waals surface area contributed by atoms with Crippen LogP contribution in [0.4, 0.5) is 4.39 Å². The van der Waals surface area contributed by atoms with E-state index >= 15 is 0 Å². The summed E-state index contributed by atoms with van der Waals surface area (Å²) in [4.78, 5) is 6.68. The zero-order valence-corrected chi connectivity index (χ0v) is 14.0. The molecule has 1 aromatic carbocycles. The van der Waals surface area contributed by atoms with Gasteiger partial charge in [0, 0.05) is 12.5 Å². The largest absolute Gasteiger partial charge is 0.488 e. The average Bonchev–Trinajstić information content (AvgIpc) is 3.16. The minimum absolute atomic E-state index is 0.0454. The Morgan fingerprint density at radius 2 is 2.16 bits per heavy atom. The van der Waals surface area contributed by atoms with Crippen molar-refractivity contribution in [1.82, 2.24) is 15.0 Å². The fourth-order valence-corrected chi connectivity index (χ4v) is 3.29. The number of aliphatic hydroxyl groups excluding tert-OH is 1. The van der Waals surface area contributed by atoms with Crippen LogP contribution in [0.2, 0.25) is 0 Å². The van der Waals surface area contributed by atoms with Crippen LogP contribution >= 0.6 is 0 Å². The first kappa shape index (κ1) is 16.5. The summed E-state index contributed by atoms with van der Waals surface area (Å²) in [6.07, 6.45) is 3.52. The number of β-amino-alcohol motifs (C(OH)–C–C–N with tert-alkyl or cyclic N) is 1. The van der Waals surface area contributed by atoms with E-state index in [1.165, 1.54) is 6.07 Å². The summed E-state index contributed by atoms with van der Waals surface area (Å²) >= 11 is 0. The lowest BCUT2D eigenvalue weighted by atomic mass is 10.2. The lowest BCUT2D eigenvalue weighted by Gasteiger charge is -2.24. The molecule has 0 spiro atoms. The number of rotatable bonds is 7. The van der Waals surface area contributed by atoms with Gasteiger partial charge in [0.1, 0.15) is 12.7 Å². The summed E-state index contributed by atoms with van der Waals surface area (Å²) in [5.74, 6) is 1.63. The molecular weight excluding hydrogens is 325 g/mol. The Kier molecular flexibility index (Phi) is 4.67. The molecule has 0 bridgehead atoms. The van der Waals surface area contributed by atoms with Gasteiger partial charge in [-0.3, -0.25) is 4.90 Å². The van der Waals surface area contributed by atoms with Crippen molar-refractivity contribution in [2.24, 2.45) is 0 Å². The van der Waals surface area contributed by atoms with Crippen molar-refractivity contribution in [3.05, 3.63) is 41.8 Å². The SMILES string of the molecule is OC(COc1ccccc1F)CN1CCCC1c1noc(C2CC2)n1. The van der Waals surface area contributed by atoms with Gasteiger partial charge in [0.2, 0.25) is 5.89 Å². The molecule has 0 radical (unpaired) electrons. The fraction of sp³-hybridized carbons (Fsp3) is 0.556. The number of halogens is 1. The highest BCUT2D eigenvalue weighted by atomic mass is 19.1. The van der Waals surface area contributed by atoms with Crippen LogP contribution in [0.15, 0.2) is 28.8 Å². The van der Waals surface area contributed by atoms with Crippen molar-refractivity contribution in [2.45, 2.75) is 43.7 Å². The molecule has 1 aliphatic heterocycles. The second-order valence-corrected chi connectivity index (χ2v) is 6.81. The average molecular weight is 347 g/mol. The van der Waals surface area contributed by atoms with E-state index in [1.54, 1.807) is 18.2 Å². The molecule has 25 heavy (non-hydrogen) atoms. The van der Waals surface area contributed by atoms with Gasteiger partial charge in [0.25, 0.3) is 0 Å². The van der Waals surface area contributed by atoms with Crippen LogP contribution in [-0.2, 0) is 0 Å². The van der Waals surface area contributed by atoms with Gasteiger partial charge in [-0.05, 0) is 44.4 Å². The Labute approximate surface area is 145 Å². The van der Waals surface area contributed by atoms with E-state index in [0.717, 1.165) is 38.1 Å². The third-order valence-electron chi connectivity index (χ3n) is 4.76. The summed E-state index contributed by atoms with van der Waals surface area (Å²) in [6, 6.07) is 6.27. The topological polar surface area (TPSA) is 71.6 Å². The first-order valence-electron chi connectivity index (χ1n) is 8.83. The first-order chi connectivity index (χ1) is 12.2. The molecule has 1 saturated heterocycles. The van der Waals surface area contributed by atoms with Gasteiger partial charge >= 0.3 is 0 Å². The maximum absolute atomic E-state index is 13.6. The van der Waals surface area contributed by atoms with E-state index in [0.29, 0.717) is 18.3 Å². The molecule has 2 aromatic rings. The molecule has 134 valence electrons. The third-order valence-corrected chi connectivity index (χ3v) is 4.76. The van der Waals surface area contributed by atoms with Gasteiger partial charge in [0.05, 0.1) is 6.04 Å². The first-order valence-corrected chi connectivity index (χ1v) is 8.83. The Balaban J connectivity index is 1.33. The molecule has 7 heteroatoms. The van der Waals surface area contributed by atoms with Crippen molar-refractivity contribution in [3.8, 4) is 5.75 Å². The Morgan fingerprint density at radius 1 is 1.32 bits per heavy atom. The van der Waals surface area contributed by atoms with Gasteiger partial charge in [-0.15, -0.1) is 0 Å². The molecule has 2 fully saturated rings. The molecule has 2 unspecified atom stereocenters. The van der Waals surface area contributed by atoms with Crippen LogP contribution in [-0.4, -0.2) is 45.9 Å². The zero-order chi connectivity index (χ0) is 17.2. The molecule has 4 rings (SSSR count). The summed E-state index contributed by atoms with van der Waals surface area (Å²) < 4.78 is 24.3. The molecule has 1 N–H and O–H groups in total. The second-order valence-electron chi connectivity index (χ2n) is 6.81. The van der Waals surface area contributed by atoms with Crippen LogP contribution in [0.25, 0.3) is 0 Å². The maximum atomic E-state index is 13.6. The van der Waals surface area contributed by atoms with Crippen molar-refractivity contribution >= 4 is 0 Å². The molecule has 2 atom stereocenters. The standard InChI is InChI=1S/C18H22FN3O3/c19-14-4-1-2-6-16(14)24-11-13(23)10-22-9-3-5-15(22)17-20-18(25-21-17)12-7-8-12/h1-2,4,6,12-13,15,23H,3,5,7-11H2. The van der Waals surface area contributed by atoms with E-state index in [4.69, 9.17) is 9.26 Å². The Hall–Kier alpha value is -1.99. The van der Waals surface area contributed by atoms with E-state index < -0.39 is 11.9 Å². The minimum atomic E-state index is -0.713. The molecule has 0 amide bonds. The normalized spacial score (nSPS) is 22.2. The third kappa shape index (κ3) is 3.82. The molecule has 1 aliphatic carbocycles. The highest BCUT2D eigenvalue weighted by Gasteiger charge is 2.34. The van der Waals surface area contributed by atoms with Gasteiger partial charge in [-0.1, -0.05) is 17.3 Å². The molecule has 1 aromatic heterocycles. The Bertz CT molecular complexity index is 719. The van der Waals surface area contributed by atoms with Crippen molar-refractivity contribution < 1.29 is 18.8 Å². The van der Waals surface area contributed by atoms with E-state index in [-0.39, 0.29) is 18.4 Å². The van der Waals surface area contributed by atoms with Gasteiger partial charge in [0.15, 0.2) is 17.4 Å². The van der Waals surface area contributed by atoms with E-state index in [2.05, 4.69) is 15.0 Å². The number of likely N-dealkylation sites (tertiary alicyclic amines) is 1. The molecule has 1 saturated carbocycles. The van der Waals surface area contributed by atoms with Crippen LogP contribution in [0.5, 0.6) is 5.75 Å². The molecule has 2 heterocycles. The summed E-state index contributed by atoms with van der Waals surface area (Å²) in [7, 11) is 0. The van der Waals surface area contributed by atoms with Crippen LogP contribution < -0.4 is 4.74 Å². The molecule has 2 aliphatic rings. The Morgan fingerprint density at radius 3 is 2.96 bits per heavy atom. The van der Waals surface area contributed by atoms with Gasteiger partial charge < -0.3 is 14.4 Å². The molecular formula is C18H22FN3O3. The number of hydrogen-bond acceptors (Lipinski definition) is 6. The predicted octanol–water partition coefficient (Wildman–Crippen LogP) is 2.66. The number of aromatic nitrogens is 2. The van der Waals surface area contributed by atoms with Crippen molar-refractivity contribution in [2.75, 3.05) is 19.7 Å². The van der Waals surface area contributed by atoms with Crippen LogP contribution in [0, 0.1) is 5.82 Å². The van der Waals surface area contributed by atoms with Gasteiger partial charge in [-0.25, -0.2) is 4.39 Å². The lowest BCUT2D eigenvalue weighted by Crippen LogP contribution is -2.35. The fourth-order valence-electron chi connectivity index (χ4n) is 3.29. The number of ether oxygens (including phenoxy) is 1. The number of hydrogen-bond donors (Lipinski definition) is 1. The number of benzene rings is 1. The maximum Gasteiger partial charge on any atom is 0.229 e. The number of nitrogens with zero attached hydrogens (tertiary/aromatic N) is 3. The highest BCUT2D eigenvalue weighted by molar-refractivity contribution is 5.23.